The lowest BCUT2D eigenvalue weighted by Crippen LogP contribution is -2.59. The molecule has 0 radical (unpaired) electrons. The molecule has 4 rings (SSSR count). The number of phenolic OH excluding ortho intramolecular Hbond substituents is 1. The second-order valence-corrected chi connectivity index (χ2v) is 10.0. The zero-order chi connectivity index (χ0) is 25.9. The first-order valence-corrected chi connectivity index (χ1v) is 12.7. The summed E-state index contributed by atoms with van der Waals surface area (Å²) in [6.45, 7) is 8.30. The second-order valence-electron chi connectivity index (χ2n) is 10.0. The molecule has 1 aromatic carbocycles. The van der Waals surface area contributed by atoms with E-state index >= 15 is 0 Å². The van der Waals surface area contributed by atoms with E-state index in [1.807, 2.05) is 13.0 Å². The number of amides is 1. The van der Waals surface area contributed by atoms with E-state index in [0.29, 0.717) is 24.4 Å². The summed E-state index contributed by atoms with van der Waals surface area (Å²) in [6.07, 6.45) is 0.401. The molecule has 7 nitrogen and oxygen atoms in total. The van der Waals surface area contributed by atoms with Gasteiger partial charge in [0, 0.05) is 55.1 Å². The minimum absolute atomic E-state index is 0.0613. The van der Waals surface area contributed by atoms with Gasteiger partial charge in [-0.25, -0.2) is 0 Å². The van der Waals surface area contributed by atoms with E-state index in [0.717, 1.165) is 68.8 Å². The van der Waals surface area contributed by atoms with Crippen molar-refractivity contribution in [2.75, 3.05) is 39.3 Å². The van der Waals surface area contributed by atoms with Crippen molar-refractivity contribution >= 4 is 11.6 Å². The molecule has 3 heterocycles. The van der Waals surface area contributed by atoms with E-state index in [4.69, 9.17) is 0 Å². The summed E-state index contributed by atoms with van der Waals surface area (Å²) in [6, 6.07) is 3.53. The smallest absolute Gasteiger partial charge is 0.416 e. The maximum absolute atomic E-state index is 13.0. The van der Waals surface area contributed by atoms with Crippen LogP contribution >= 0.6 is 0 Å². The molecule has 198 valence electrons. The average molecular weight is 508 g/mol. The Morgan fingerprint density at radius 1 is 1.22 bits per heavy atom. The van der Waals surface area contributed by atoms with Crippen molar-refractivity contribution in [2.24, 2.45) is 5.92 Å². The van der Waals surface area contributed by atoms with Crippen molar-refractivity contribution < 1.29 is 23.1 Å². The zero-order valence-corrected chi connectivity index (χ0v) is 20.8. The number of phenols is 1. The molecule has 0 aromatic heterocycles. The number of hydrogen-bond acceptors (Lipinski definition) is 6. The van der Waals surface area contributed by atoms with E-state index < -0.39 is 17.5 Å². The van der Waals surface area contributed by atoms with Crippen LogP contribution in [0.4, 0.5) is 13.2 Å². The van der Waals surface area contributed by atoms with E-state index in [9.17, 15) is 23.1 Å². The second kappa shape index (κ2) is 11.1. The van der Waals surface area contributed by atoms with E-state index in [1.165, 1.54) is 6.07 Å². The van der Waals surface area contributed by atoms with Crippen molar-refractivity contribution in [3.05, 3.63) is 46.7 Å². The minimum atomic E-state index is -4.51. The SMILES string of the molecule is CCC1CNC(c2ccc(C(F)(F)F)cc2O)=C(C)C=C1N[C@@H]1CCCN(CC(=O)NC2CNC2)C1. The maximum Gasteiger partial charge on any atom is 0.416 e. The molecule has 2 saturated heterocycles. The molecular weight excluding hydrogens is 471 g/mol. The van der Waals surface area contributed by atoms with Crippen LogP contribution in [-0.2, 0) is 11.0 Å². The summed E-state index contributed by atoms with van der Waals surface area (Å²) >= 11 is 0. The number of likely N-dealkylation sites (tertiary alicyclic amines) is 1. The fraction of sp³-hybridized carbons (Fsp3) is 0.577. The van der Waals surface area contributed by atoms with Gasteiger partial charge in [0.05, 0.1) is 18.2 Å². The lowest BCUT2D eigenvalue weighted by molar-refractivity contribution is -0.137. The van der Waals surface area contributed by atoms with E-state index in [2.05, 4.69) is 33.1 Å². The van der Waals surface area contributed by atoms with Gasteiger partial charge in [-0.15, -0.1) is 0 Å². The number of carbonyl (C=O) groups is 1. The van der Waals surface area contributed by atoms with Crippen LogP contribution in [0.2, 0.25) is 0 Å². The first-order chi connectivity index (χ1) is 17.1. The summed E-state index contributed by atoms with van der Waals surface area (Å²) in [5.41, 5.74) is 2.01. The Bertz CT molecular complexity index is 1020. The van der Waals surface area contributed by atoms with Crippen LogP contribution in [-0.4, -0.2) is 67.3 Å². The third-order valence-corrected chi connectivity index (χ3v) is 7.21. The maximum atomic E-state index is 13.0. The molecule has 1 aromatic rings. The van der Waals surface area contributed by atoms with Gasteiger partial charge in [-0.05, 0) is 62.6 Å². The van der Waals surface area contributed by atoms with Crippen LogP contribution in [0.15, 0.2) is 35.5 Å². The highest BCUT2D eigenvalue weighted by atomic mass is 19.4. The van der Waals surface area contributed by atoms with Crippen LogP contribution in [0, 0.1) is 5.92 Å². The molecule has 0 bridgehead atoms. The minimum Gasteiger partial charge on any atom is -0.507 e. The molecule has 3 aliphatic heterocycles. The number of piperidine rings is 1. The Morgan fingerprint density at radius 3 is 2.64 bits per heavy atom. The van der Waals surface area contributed by atoms with Crippen molar-refractivity contribution in [1.82, 2.24) is 26.2 Å². The van der Waals surface area contributed by atoms with Crippen molar-refractivity contribution in [2.45, 2.75) is 51.4 Å². The number of halogens is 3. The summed E-state index contributed by atoms with van der Waals surface area (Å²) in [5, 5.41) is 23.7. The monoisotopic (exact) mass is 507 g/mol. The first-order valence-electron chi connectivity index (χ1n) is 12.7. The quantitative estimate of drug-likeness (QED) is 0.390. The number of alkyl halides is 3. The van der Waals surface area contributed by atoms with Crippen LogP contribution in [0.25, 0.3) is 5.70 Å². The fourth-order valence-corrected chi connectivity index (χ4v) is 5.07. The highest BCUT2D eigenvalue weighted by Crippen LogP contribution is 2.36. The van der Waals surface area contributed by atoms with Crippen molar-refractivity contribution in [1.29, 1.82) is 0 Å². The summed E-state index contributed by atoms with van der Waals surface area (Å²) in [7, 11) is 0. The van der Waals surface area contributed by atoms with Gasteiger partial charge in [-0.2, -0.15) is 13.2 Å². The Hall–Kier alpha value is -2.72. The van der Waals surface area contributed by atoms with Crippen LogP contribution < -0.4 is 21.3 Å². The zero-order valence-electron chi connectivity index (χ0n) is 20.8. The van der Waals surface area contributed by atoms with E-state index in [-0.39, 0.29) is 23.9 Å². The molecule has 10 heteroatoms. The van der Waals surface area contributed by atoms with Crippen LogP contribution in [0.3, 0.4) is 0 Å². The van der Waals surface area contributed by atoms with Gasteiger partial charge < -0.3 is 26.4 Å². The summed E-state index contributed by atoms with van der Waals surface area (Å²) in [5.74, 6) is -0.159. The highest BCUT2D eigenvalue weighted by Gasteiger charge is 2.32. The van der Waals surface area contributed by atoms with E-state index in [1.54, 1.807) is 0 Å². The molecule has 0 aliphatic carbocycles. The number of nitrogens with zero attached hydrogens (tertiary/aromatic N) is 1. The van der Waals surface area contributed by atoms with Gasteiger partial charge in [-0.3, -0.25) is 9.69 Å². The van der Waals surface area contributed by atoms with Gasteiger partial charge >= 0.3 is 6.18 Å². The van der Waals surface area contributed by atoms with Crippen molar-refractivity contribution in [3.63, 3.8) is 0 Å². The number of carbonyl (C=O) groups excluding carboxylic acids is 1. The predicted molar refractivity (Wildman–Crippen MR) is 133 cm³/mol. The van der Waals surface area contributed by atoms with Crippen LogP contribution in [0.1, 0.15) is 44.2 Å². The molecule has 0 spiro atoms. The molecule has 2 fully saturated rings. The molecule has 36 heavy (non-hydrogen) atoms. The molecule has 1 unspecified atom stereocenters. The Balaban J connectivity index is 1.46. The number of rotatable bonds is 7. The number of aromatic hydroxyl groups is 1. The molecule has 5 N–H and O–H groups in total. The Labute approximate surface area is 210 Å². The largest absolute Gasteiger partial charge is 0.507 e. The lowest BCUT2D eigenvalue weighted by atomic mass is 9.98. The van der Waals surface area contributed by atoms with Gasteiger partial charge in [0.2, 0.25) is 5.91 Å². The van der Waals surface area contributed by atoms with Crippen LogP contribution in [0.5, 0.6) is 5.75 Å². The third-order valence-electron chi connectivity index (χ3n) is 7.21. The van der Waals surface area contributed by atoms with Gasteiger partial charge in [0.1, 0.15) is 5.75 Å². The predicted octanol–water partition coefficient (Wildman–Crippen LogP) is 2.80. The molecule has 1 amide bonds. The fourth-order valence-electron chi connectivity index (χ4n) is 5.07. The molecule has 2 atom stereocenters. The summed E-state index contributed by atoms with van der Waals surface area (Å²) < 4.78 is 39.1. The molecule has 3 aliphatic rings. The molecule has 0 saturated carbocycles. The van der Waals surface area contributed by atoms with Crippen molar-refractivity contribution in [3.8, 4) is 5.75 Å². The van der Waals surface area contributed by atoms with Gasteiger partial charge in [0.15, 0.2) is 0 Å². The number of hydrogen-bond donors (Lipinski definition) is 5. The summed E-state index contributed by atoms with van der Waals surface area (Å²) in [4.78, 5) is 14.6. The Morgan fingerprint density at radius 2 is 2.00 bits per heavy atom. The standard InChI is InChI=1S/C26H36F3N5O2/c1-3-17-11-31-25(21-7-6-18(10-23(21)35)26(27,28)29)16(2)9-22(17)32-19-5-4-8-34(14-19)15-24(36)33-20-12-30-13-20/h6-7,9-10,17,19-20,30-32,35H,3-5,8,11-15H2,1-2H3,(H,33,36)/t17?,19-/m1/s1. The lowest BCUT2D eigenvalue weighted by Gasteiger charge is -2.35. The third kappa shape index (κ3) is 6.34. The Kier molecular flexibility index (Phi) is 8.14. The topological polar surface area (TPSA) is 88.7 Å². The number of allylic oxidation sites excluding steroid dienone is 2. The molecular formula is C26H36F3N5O2. The number of nitrogens with one attached hydrogen (secondary N) is 4. The highest BCUT2D eigenvalue weighted by molar-refractivity contribution is 5.78. The number of benzene rings is 1. The first kappa shape index (κ1) is 26.3. The van der Waals surface area contributed by atoms with Gasteiger partial charge in [-0.1, -0.05) is 6.92 Å². The van der Waals surface area contributed by atoms with Gasteiger partial charge in [0.25, 0.3) is 0 Å². The average Bonchev–Trinajstić information content (AvgIpc) is 2.94. The normalized spacial score (nSPS) is 23.9.